The third-order valence-electron chi connectivity index (χ3n) is 3.01. The first-order chi connectivity index (χ1) is 8.04. The lowest BCUT2D eigenvalue weighted by Crippen LogP contribution is -2.29. The van der Waals surface area contributed by atoms with Crippen molar-refractivity contribution in [2.75, 3.05) is 25.5 Å². The molecule has 1 aromatic rings. The van der Waals surface area contributed by atoms with Crippen molar-refractivity contribution < 1.29 is 0 Å². The van der Waals surface area contributed by atoms with E-state index in [9.17, 15) is 0 Å². The molecule has 98 valence electrons. The van der Waals surface area contributed by atoms with Gasteiger partial charge in [-0.05, 0) is 34.2 Å². The molecule has 1 heterocycles. The van der Waals surface area contributed by atoms with Crippen LogP contribution in [0.2, 0.25) is 0 Å². The maximum Gasteiger partial charge on any atom is 0.203 e. The number of anilines is 1. The second-order valence-electron chi connectivity index (χ2n) is 4.90. The molecule has 4 nitrogen and oxygen atoms in total. The molecule has 0 aliphatic rings. The van der Waals surface area contributed by atoms with Crippen LogP contribution in [0.3, 0.4) is 0 Å². The Kier molecular flexibility index (Phi) is 5.48. The van der Waals surface area contributed by atoms with Gasteiger partial charge in [-0.25, -0.2) is 4.98 Å². The predicted molar refractivity (Wildman–Crippen MR) is 73.5 cm³/mol. The molecule has 0 fully saturated rings. The van der Waals surface area contributed by atoms with E-state index < -0.39 is 0 Å². The molecule has 0 bridgehead atoms. The Balaban J connectivity index is 2.57. The molecule has 0 spiro atoms. The monoisotopic (exact) mass is 238 g/mol. The molecular formula is C13H26N4. The minimum absolute atomic E-state index is 0.590. The second kappa shape index (κ2) is 6.64. The summed E-state index contributed by atoms with van der Waals surface area (Å²) >= 11 is 0. The fourth-order valence-corrected chi connectivity index (χ4v) is 1.62. The van der Waals surface area contributed by atoms with Gasteiger partial charge in [-0.1, -0.05) is 6.92 Å². The summed E-state index contributed by atoms with van der Waals surface area (Å²) in [7, 11) is 2.16. The van der Waals surface area contributed by atoms with Crippen LogP contribution in [-0.2, 0) is 6.54 Å². The molecule has 4 heteroatoms. The number of imidazole rings is 1. The van der Waals surface area contributed by atoms with Gasteiger partial charge in [0, 0.05) is 31.9 Å². The second-order valence-corrected chi connectivity index (χ2v) is 4.90. The van der Waals surface area contributed by atoms with E-state index in [1.165, 1.54) is 0 Å². The Morgan fingerprint density at radius 3 is 2.76 bits per heavy atom. The number of rotatable bonds is 7. The molecule has 0 saturated heterocycles. The van der Waals surface area contributed by atoms with E-state index in [0.29, 0.717) is 6.04 Å². The quantitative estimate of drug-likeness (QED) is 0.791. The maximum atomic E-state index is 4.50. The third-order valence-corrected chi connectivity index (χ3v) is 3.01. The van der Waals surface area contributed by atoms with E-state index in [2.05, 4.69) is 53.8 Å². The molecule has 0 aromatic carbocycles. The first-order valence-electron chi connectivity index (χ1n) is 6.52. The van der Waals surface area contributed by atoms with E-state index in [1.807, 2.05) is 6.92 Å². The van der Waals surface area contributed by atoms with Crippen LogP contribution in [0.1, 0.15) is 32.9 Å². The van der Waals surface area contributed by atoms with E-state index in [4.69, 9.17) is 0 Å². The molecule has 0 amide bonds. The lowest BCUT2D eigenvalue weighted by atomic mass is 10.3. The van der Waals surface area contributed by atoms with Crippen LogP contribution in [0.15, 0.2) is 6.20 Å². The van der Waals surface area contributed by atoms with Crippen LogP contribution < -0.4 is 5.32 Å². The average molecular weight is 238 g/mol. The molecular weight excluding hydrogens is 212 g/mol. The molecule has 1 aromatic heterocycles. The van der Waals surface area contributed by atoms with Gasteiger partial charge in [0.25, 0.3) is 0 Å². The van der Waals surface area contributed by atoms with Gasteiger partial charge in [0.2, 0.25) is 5.95 Å². The summed E-state index contributed by atoms with van der Waals surface area (Å²) in [5.74, 6) is 1.00. The molecule has 0 aliphatic heterocycles. The summed E-state index contributed by atoms with van der Waals surface area (Å²) in [5, 5.41) is 3.37. The first kappa shape index (κ1) is 14.0. The third kappa shape index (κ3) is 4.38. The fourth-order valence-electron chi connectivity index (χ4n) is 1.62. The lowest BCUT2D eigenvalue weighted by molar-refractivity contribution is 0.263. The maximum absolute atomic E-state index is 4.50. The number of aryl methyl sites for hydroxylation is 1. The molecule has 0 atom stereocenters. The summed E-state index contributed by atoms with van der Waals surface area (Å²) < 4.78 is 2.21. The number of likely N-dealkylation sites (N-methyl/N-ethyl adjacent to an activating group) is 1. The highest BCUT2D eigenvalue weighted by atomic mass is 15.2. The van der Waals surface area contributed by atoms with Gasteiger partial charge in [-0.2, -0.15) is 0 Å². The van der Waals surface area contributed by atoms with Crippen molar-refractivity contribution in [2.24, 2.45) is 0 Å². The van der Waals surface area contributed by atoms with Crippen molar-refractivity contribution in [1.82, 2.24) is 14.5 Å². The Hall–Kier alpha value is -1.03. The minimum Gasteiger partial charge on any atom is -0.356 e. The van der Waals surface area contributed by atoms with Crippen LogP contribution in [0.5, 0.6) is 0 Å². The lowest BCUT2D eigenvalue weighted by Gasteiger charge is -2.21. The fraction of sp³-hybridized carbons (Fsp3) is 0.769. The van der Waals surface area contributed by atoms with Gasteiger partial charge in [0.05, 0.1) is 5.69 Å². The number of nitrogens with zero attached hydrogens (tertiary/aromatic N) is 3. The largest absolute Gasteiger partial charge is 0.356 e. The Morgan fingerprint density at radius 1 is 1.47 bits per heavy atom. The highest BCUT2D eigenvalue weighted by Crippen LogP contribution is 2.09. The smallest absolute Gasteiger partial charge is 0.203 e. The Bertz CT molecular complexity index is 330. The molecule has 1 rings (SSSR count). The summed E-state index contributed by atoms with van der Waals surface area (Å²) in [6.45, 7) is 11.7. The van der Waals surface area contributed by atoms with Gasteiger partial charge in [0.15, 0.2) is 0 Å². The van der Waals surface area contributed by atoms with Crippen molar-refractivity contribution in [3.05, 3.63) is 11.9 Å². The summed E-state index contributed by atoms with van der Waals surface area (Å²) in [5.41, 5.74) is 1.08. The molecule has 0 saturated carbocycles. The zero-order valence-electron chi connectivity index (χ0n) is 11.8. The molecule has 0 aliphatic carbocycles. The number of nitrogens with one attached hydrogen (secondary N) is 1. The number of aromatic nitrogens is 2. The average Bonchev–Trinajstić information content (AvgIpc) is 2.63. The molecule has 0 radical (unpaired) electrons. The van der Waals surface area contributed by atoms with E-state index in [1.54, 1.807) is 0 Å². The van der Waals surface area contributed by atoms with Crippen LogP contribution in [0.4, 0.5) is 5.95 Å². The van der Waals surface area contributed by atoms with Crippen LogP contribution in [0.25, 0.3) is 0 Å². The van der Waals surface area contributed by atoms with Crippen LogP contribution >= 0.6 is 0 Å². The highest BCUT2D eigenvalue weighted by Gasteiger charge is 2.07. The van der Waals surface area contributed by atoms with Crippen LogP contribution in [-0.4, -0.2) is 40.6 Å². The normalized spacial score (nSPS) is 11.5. The number of hydrogen-bond donors (Lipinski definition) is 1. The van der Waals surface area contributed by atoms with Gasteiger partial charge < -0.3 is 14.8 Å². The summed E-state index contributed by atoms with van der Waals surface area (Å²) in [6.07, 6.45) is 3.24. The Morgan fingerprint density at radius 2 is 2.18 bits per heavy atom. The highest BCUT2D eigenvalue weighted by molar-refractivity contribution is 5.28. The van der Waals surface area contributed by atoms with Crippen molar-refractivity contribution in [3.8, 4) is 0 Å². The first-order valence-corrected chi connectivity index (χ1v) is 6.52. The molecule has 17 heavy (non-hydrogen) atoms. The zero-order chi connectivity index (χ0) is 12.8. The van der Waals surface area contributed by atoms with Gasteiger partial charge in [-0.3, -0.25) is 0 Å². The van der Waals surface area contributed by atoms with Gasteiger partial charge in [0.1, 0.15) is 0 Å². The van der Waals surface area contributed by atoms with E-state index >= 15 is 0 Å². The van der Waals surface area contributed by atoms with E-state index in [0.717, 1.165) is 37.7 Å². The SMILES string of the molecule is CCCNc1nc(C)cn1CCN(C)C(C)C. The van der Waals surface area contributed by atoms with Crippen molar-refractivity contribution in [1.29, 1.82) is 0 Å². The summed E-state index contributed by atoms with van der Waals surface area (Å²) in [4.78, 5) is 6.85. The minimum atomic E-state index is 0.590. The topological polar surface area (TPSA) is 33.1 Å². The standard InChI is InChI=1S/C13H26N4/c1-6-7-14-13-15-12(4)10-17(13)9-8-16(5)11(2)3/h10-11H,6-9H2,1-5H3,(H,14,15). The van der Waals surface area contributed by atoms with Gasteiger partial charge in [-0.15, -0.1) is 0 Å². The number of hydrogen-bond acceptors (Lipinski definition) is 3. The van der Waals surface area contributed by atoms with E-state index in [-0.39, 0.29) is 0 Å². The van der Waals surface area contributed by atoms with Crippen molar-refractivity contribution in [2.45, 2.75) is 46.7 Å². The Labute approximate surface area is 105 Å². The van der Waals surface area contributed by atoms with Gasteiger partial charge >= 0.3 is 0 Å². The van der Waals surface area contributed by atoms with Crippen molar-refractivity contribution >= 4 is 5.95 Å². The predicted octanol–water partition coefficient (Wildman–Crippen LogP) is 2.35. The van der Waals surface area contributed by atoms with Crippen molar-refractivity contribution in [3.63, 3.8) is 0 Å². The molecule has 1 N–H and O–H groups in total. The molecule has 0 unspecified atom stereocenters. The summed E-state index contributed by atoms with van der Waals surface area (Å²) in [6, 6.07) is 0.590. The zero-order valence-corrected chi connectivity index (χ0v) is 11.8. The van der Waals surface area contributed by atoms with Crippen LogP contribution in [0, 0.1) is 6.92 Å².